The molecule has 2 bridgehead atoms. The topological polar surface area (TPSA) is 58.1 Å². The molecule has 0 saturated carbocycles. The van der Waals surface area contributed by atoms with E-state index in [9.17, 15) is 18.0 Å². The minimum Gasteiger partial charge on any atom is -0.348 e. The Morgan fingerprint density at radius 1 is 1.38 bits per heavy atom. The highest BCUT2D eigenvalue weighted by Crippen LogP contribution is 2.29. The summed E-state index contributed by atoms with van der Waals surface area (Å²) in [4.78, 5) is 21.5. The number of hydrogen-bond donors (Lipinski definition) is 1. The number of fused-ring (bicyclic) bond motifs is 3. The van der Waals surface area contributed by atoms with Gasteiger partial charge in [0.05, 0.1) is 0 Å². The summed E-state index contributed by atoms with van der Waals surface area (Å²) in [5.74, 6) is 0.278. The first-order valence-corrected chi connectivity index (χ1v) is 8.56. The average Bonchev–Trinajstić information content (AvgIpc) is 2.55. The lowest BCUT2D eigenvalue weighted by atomic mass is 9.84. The van der Waals surface area contributed by atoms with E-state index in [1.54, 1.807) is 0 Å². The Labute approximate surface area is 141 Å². The maximum absolute atomic E-state index is 12.6. The molecule has 1 N–H and O–H groups in total. The molecule has 0 radical (unpaired) electrons. The van der Waals surface area contributed by atoms with Crippen LogP contribution >= 0.6 is 11.8 Å². The van der Waals surface area contributed by atoms with Gasteiger partial charge in [-0.1, -0.05) is 11.8 Å². The van der Waals surface area contributed by atoms with E-state index in [4.69, 9.17) is 0 Å². The molecule has 5 nitrogen and oxygen atoms in total. The second kappa shape index (κ2) is 7.10. The lowest BCUT2D eigenvalue weighted by molar-refractivity contribution is -0.141. The van der Waals surface area contributed by atoms with Crippen molar-refractivity contribution in [2.24, 2.45) is 5.92 Å². The second-order valence-electron chi connectivity index (χ2n) is 5.90. The maximum atomic E-state index is 12.6. The van der Waals surface area contributed by atoms with Crippen LogP contribution in [0.2, 0.25) is 0 Å². The number of piperidine rings is 3. The minimum atomic E-state index is -4.50. The highest BCUT2D eigenvalue weighted by atomic mass is 32.2. The standard InChI is InChI=1S/C15H17F3N4OS/c16-15(17,18)12-1-5-19-14(21-12)24-8-4-13(23)20-11-9-22-6-2-10(11)3-7-22/h1,4-5,8,10-11H,2-3,6-7,9H2,(H,20,23)/b8-4-/t11-/m0/s1. The molecular formula is C15H17F3N4OS. The van der Waals surface area contributed by atoms with E-state index in [0.29, 0.717) is 5.92 Å². The van der Waals surface area contributed by atoms with Crippen LogP contribution in [0.1, 0.15) is 18.5 Å². The third-order valence-corrected chi connectivity index (χ3v) is 4.98. The molecule has 1 atom stereocenters. The van der Waals surface area contributed by atoms with Gasteiger partial charge in [0.1, 0.15) is 5.69 Å². The van der Waals surface area contributed by atoms with Crippen molar-refractivity contribution in [1.29, 1.82) is 0 Å². The number of alkyl halides is 3. The van der Waals surface area contributed by atoms with Gasteiger partial charge in [-0.2, -0.15) is 13.2 Å². The van der Waals surface area contributed by atoms with Crippen LogP contribution in [-0.2, 0) is 11.0 Å². The normalized spacial score (nSPS) is 26.7. The first-order valence-electron chi connectivity index (χ1n) is 7.68. The van der Waals surface area contributed by atoms with E-state index in [1.807, 2.05) is 0 Å². The first kappa shape index (κ1) is 17.2. The predicted octanol–water partition coefficient (Wildman–Crippen LogP) is 2.31. The number of thioether (sulfide) groups is 1. The Kier molecular flexibility index (Phi) is 5.09. The second-order valence-corrected chi connectivity index (χ2v) is 6.77. The van der Waals surface area contributed by atoms with Crippen molar-refractivity contribution in [3.63, 3.8) is 0 Å². The number of amides is 1. The lowest BCUT2D eigenvalue weighted by Crippen LogP contribution is -2.57. The largest absolute Gasteiger partial charge is 0.433 e. The molecule has 9 heteroatoms. The molecule has 3 aliphatic heterocycles. The summed E-state index contributed by atoms with van der Waals surface area (Å²) in [5, 5.41) is 4.33. The molecule has 3 aliphatic rings. The Morgan fingerprint density at radius 2 is 2.12 bits per heavy atom. The van der Waals surface area contributed by atoms with E-state index >= 15 is 0 Å². The molecule has 3 saturated heterocycles. The summed E-state index contributed by atoms with van der Waals surface area (Å²) in [5.41, 5.74) is -0.995. The van der Waals surface area contributed by atoms with E-state index in [0.717, 1.165) is 56.5 Å². The van der Waals surface area contributed by atoms with Gasteiger partial charge in [-0.25, -0.2) is 9.97 Å². The molecule has 0 aromatic carbocycles. The Balaban J connectivity index is 1.52. The number of carbonyl (C=O) groups excluding carboxylic acids is 1. The van der Waals surface area contributed by atoms with E-state index < -0.39 is 11.9 Å². The van der Waals surface area contributed by atoms with Crippen molar-refractivity contribution < 1.29 is 18.0 Å². The molecule has 0 aliphatic carbocycles. The van der Waals surface area contributed by atoms with Crippen LogP contribution in [0.5, 0.6) is 0 Å². The Morgan fingerprint density at radius 3 is 2.75 bits per heavy atom. The minimum absolute atomic E-state index is 0.0447. The molecule has 0 unspecified atom stereocenters. The van der Waals surface area contributed by atoms with Gasteiger partial charge in [0.2, 0.25) is 5.91 Å². The van der Waals surface area contributed by atoms with Gasteiger partial charge >= 0.3 is 6.18 Å². The number of nitrogens with one attached hydrogen (secondary N) is 1. The lowest BCUT2D eigenvalue weighted by Gasteiger charge is -2.44. The summed E-state index contributed by atoms with van der Waals surface area (Å²) < 4.78 is 37.7. The van der Waals surface area contributed by atoms with Crippen molar-refractivity contribution in [3.8, 4) is 0 Å². The van der Waals surface area contributed by atoms with Crippen molar-refractivity contribution in [3.05, 3.63) is 29.4 Å². The summed E-state index contributed by atoms with van der Waals surface area (Å²) in [6.07, 6.45) is 0.0586. The van der Waals surface area contributed by atoms with Crippen LogP contribution in [0.15, 0.2) is 28.9 Å². The van der Waals surface area contributed by atoms with Crippen LogP contribution in [0.4, 0.5) is 13.2 Å². The fourth-order valence-electron chi connectivity index (χ4n) is 3.07. The monoisotopic (exact) mass is 358 g/mol. The number of hydrogen-bond acceptors (Lipinski definition) is 5. The molecule has 3 fully saturated rings. The number of carbonyl (C=O) groups is 1. The Hall–Kier alpha value is -1.61. The predicted molar refractivity (Wildman–Crippen MR) is 83.1 cm³/mol. The van der Waals surface area contributed by atoms with E-state index in [1.165, 1.54) is 11.5 Å². The van der Waals surface area contributed by atoms with Crippen LogP contribution in [0.25, 0.3) is 0 Å². The number of nitrogens with zero attached hydrogens (tertiary/aromatic N) is 3. The summed E-state index contributed by atoms with van der Waals surface area (Å²) in [6.45, 7) is 3.05. The van der Waals surface area contributed by atoms with Gasteiger partial charge < -0.3 is 10.2 Å². The number of halogens is 3. The van der Waals surface area contributed by atoms with Gasteiger partial charge in [-0.05, 0) is 43.3 Å². The molecule has 4 heterocycles. The fourth-order valence-corrected chi connectivity index (χ4v) is 3.66. The highest BCUT2D eigenvalue weighted by Gasteiger charge is 2.34. The molecule has 4 rings (SSSR count). The maximum Gasteiger partial charge on any atom is 0.433 e. The van der Waals surface area contributed by atoms with Crippen molar-refractivity contribution >= 4 is 17.7 Å². The zero-order valence-corrected chi connectivity index (χ0v) is 13.6. The van der Waals surface area contributed by atoms with E-state index in [-0.39, 0.29) is 17.1 Å². The molecule has 1 aromatic rings. The average molecular weight is 358 g/mol. The molecule has 1 aromatic heterocycles. The molecule has 130 valence electrons. The van der Waals surface area contributed by atoms with Crippen LogP contribution in [-0.4, -0.2) is 46.5 Å². The molecular weight excluding hydrogens is 341 g/mol. The molecule has 1 amide bonds. The third-order valence-electron chi connectivity index (χ3n) is 4.30. The quantitative estimate of drug-likeness (QED) is 0.509. The van der Waals surface area contributed by atoms with Crippen molar-refractivity contribution in [2.45, 2.75) is 30.2 Å². The molecule has 0 spiro atoms. The van der Waals surface area contributed by atoms with Gasteiger partial charge in [-0.3, -0.25) is 4.79 Å². The number of aromatic nitrogens is 2. The SMILES string of the molecule is O=C(/C=C\Sc1nccc(C(F)(F)F)n1)N[C@H]1CN2CCC1CC2. The fraction of sp³-hybridized carbons (Fsp3) is 0.533. The van der Waals surface area contributed by atoms with Gasteiger partial charge in [-0.15, -0.1) is 0 Å². The van der Waals surface area contributed by atoms with E-state index in [2.05, 4.69) is 20.2 Å². The van der Waals surface area contributed by atoms with Crippen LogP contribution in [0, 0.1) is 5.92 Å². The third kappa shape index (κ3) is 4.27. The van der Waals surface area contributed by atoms with Crippen LogP contribution < -0.4 is 5.32 Å². The van der Waals surface area contributed by atoms with Gasteiger partial charge in [0, 0.05) is 24.9 Å². The van der Waals surface area contributed by atoms with Crippen molar-refractivity contribution in [1.82, 2.24) is 20.2 Å². The summed E-state index contributed by atoms with van der Waals surface area (Å²) >= 11 is 0.882. The smallest absolute Gasteiger partial charge is 0.348 e. The van der Waals surface area contributed by atoms with Crippen molar-refractivity contribution in [2.75, 3.05) is 19.6 Å². The summed E-state index contributed by atoms with van der Waals surface area (Å²) in [6, 6.07) is 0.966. The summed E-state index contributed by atoms with van der Waals surface area (Å²) in [7, 11) is 0. The number of rotatable bonds is 4. The van der Waals surface area contributed by atoms with Gasteiger partial charge in [0.15, 0.2) is 5.16 Å². The first-order chi connectivity index (χ1) is 11.4. The van der Waals surface area contributed by atoms with Crippen LogP contribution in [0.3, 0.4) is 0 Å². The zero-order chi connectivity index (χ0) is 17.2. The van der Waals surface area contributed by atoms with Gasteiger partial charge in [0.25, 0.3) is 0 Å². The zero-order valence-electron chi connectivity index (χ0n) is 12.8. The highest BCUT2D eigenvalue weighted by molar-refractivity contribution is 8.02. The Bertz CT molecular complexity index is 629. The molecule has 24 heavy (non-hydrogen) atoms.